The molecule has 114 valence electrons. The van der Waals surface area contributed by atoms with E-state index >= 15 is 0 Å². The molecule has 0 saturated heterocycles. The molecule has 0 saturated carbocycles. The predicted molar refractivity (Wildman–Crippen MR) is 85.3 cm³/mol. The average Bonchev–Trinajstić information content (AvgIpc) is 2.59. The molecule has 1 aliphatic heterocycles. The summed E-state index contributed by atoms with van der Waals surface area (Å²) in [5, 5.41) is 0. The third-order valence-corrected chi connectivity index (χ3v) is 3.97. The van der Waals surface area contributed by atoms with Crippen molar-refractivity contribution >= 4 is 35.6 Å². The SMILES string of the molecule is NNC(=O)NN.O=CN1c2ccccc2Sc2ccccc21. The number of hydrazine groups is 2. The quantitative estimate of drug-likeness (QED) is 0.275. The van der Waals surface area contributed by atoms with Crippen molar-refractivity contribution < 1.29 is 9.59 Å². The number of nitrogens with zero attached hydrogens (tertiary/aromatic N) is 1. The zero-order chi connectivity index (χ0) is 15.9. The van der Waals surface area contributed by atoms with Gasteiger partial charge in [0, 0.05) is 9.79 Å². The summed E-state index contributed by atoms with van der Waals surface area (Å²) >= 11 is 1.70. The first kappa shape index (κ1) is 15.8. The molecule has 1 heterocycles. The fourth-order valence-corrected chi connectivity index (χ4v) is 2.96. The van der Waals surface area contributed by atoms with Crippen molar-refractivity contribution in [1.82, 2.24) is 10.9 Å². The van der Waals surface area contributed by atoms with Crippen molar-refractivity contribution in [2.24, 2.45) is 11.7 Å². The number of carbonyl (C=O) groups is 2. The van der Waals surface area contributed by atoms with Gasteiger partial charge in [0.25, 0.3) is 0 Å². The molecular weight excluding hydrogens is 302 g/mol. The van der Waals surface area contributed by atoms with E-state index in [0.717, 1.165) is 27.6 Å². The fourth-order valence-electron chi connectivity index (χ4n) is 1.89. The molecule has 7 nitrogen and oxygen atoms in total. The number of benzene rings is 2. The van der Waals surface area contributed by atoms with Gasteiger partial charge < -0.3 is 0 Å². The maximum atomic E-state index is 11.2. The normalized spacial score (nSPS) is 11.3. The Kier molecular flexibility index (Phi) is 5.37. The average molecular weight is 317 g/mol. The molecule has 2 aromatic carbocycles. The number of anilines is 2. The van der Waals surface area contributed by atoms with Crippen molar-refractivity contribution in [2.45, 2.75) is 9.79 Å². The molecule has 3 amide bonds. The van der Waals surface area contributed by atoms with Crippen LogP contribution in [-0.2, 0) is 4.79 Å². The lowest BCUT2D eigenvalue weighted by Crippen LogP contribution is -2.43. The highest BCUT2D eigenvalue weighted by atomic mass is 32.2. The number of fused-ring (bicyclic) bond motifs is 2. The largest absolute Gasteiger partial charge is 0.343 e. The highest BCUT2D eigenvalue weighted by Crippen LogP contribution is 2.46. The Bertz CT molecular complexity index is 628. The van der Waals surface area contributed by atoms with Gasteiger partial charge >= 0.3 is 6.03 Å². The lowest BCUT2D eigenvalue weighted by atomic mass is 10.2. The van der Waals surface area contributed by atoms with Gasteiger partial charge in [0.1, 0.15) is 0 Å². The smallest absolute Gasteiger partial charge is 0.281 e. The number of hydrogen-bond acceptors (Lipinski definition) is 5. The minimum absolute atomic E-state index is 0.602. The molecule has 0 fully saturated rings. The van der Waals surface area contributed by atoms with Crippen LogP contribution in [0, 0.1) is 0 Å². The maximum Gasteiger partial charge on any atom is 0.343 e. The standard InChI is InChI=1S/C13H9NOS.CH6N4O/c15-9-14-10-5-1-3-7-12(10)16-13-8-4-2-6-11(13)14;2-4-1(6)5-3/h1-9H;2-3H2,(H2,4,5,6). The molecule has 0 spiro atoms. The molecule has 0 unspecified atom stereocenters. The van der Waals surface area contributed by atoms with Crippen LogP contribution in [0.4, 0.5) is 16.2 Å². The molecule has 3 rings (SSSR count). The minimum Gasteiger partial charge on any atom is -0.281 e. The van der Waals surface area contributed by atoms with E-state index in [1.807, 2.05) is 48.5 Å². The second-order valence-corrected chi connectivity index (χ2v) is 5.21. The van der Waals surface area contributed by atoms with Crippen LogP contribution < -0.4 is 27.4 Å². The summed E-state index contributed by atoms with van der Waals surface area (Å²) in [4.78, 5) is 24.8. The molecule has 0 aliphatic carbocycles. The van der Waals surface area contributed by atoms with E-state index in [2.05, 4.69) is 11.7 Å². The maximum absolute atomic E-state index is 11.2. The van der Waals surface area contributed by atoms with Gasteiger partial charge in [0.2, 0.25) is 6.41 Å². The third-order valence-electron chi connectivity index (χ3n) is 2.84. The van der Waals surface area contributed by atoms with Crippen LogP contribution in [0.3, 0.4) is 0 Å². The number of hydrogen-bond donors (Lipinski definition) is 4. The summed E-state index contributed by atoms with van der Waals surface area (Å²) < 4.78 is 0. The van der Waals surface area contributed by atoms with Crippen LogP contribution in [0.1, 0.15) is 0 Å². The van der Waals surface area contributed by atoms with Crippen LogP contribution in [0.25, 0.3) is 0 Å². The van der Waals surface area contributed by atoms with E-state index in [1.54, 1.807) is 27.5 Å². The van der Waals surface area contributed by atoms with Crippen molar-refractivity contribution in [2.75, 3.05) is 4.90 Å². The van der Waals surface area contributed by atoms with Crippen molar-refractivity contribution in [1.29, 1.82) is 0 Å². The van der Waals surface area contributed by atoms with Gasteiger partial charge in [-0.1, -0.05) is 36.0 Å². The van der Waals surface area contributed by atoms with Gasteiger partial charge in [-0.25, -0.2) is 16.5 Å². The number of para-hydroxylation sites is 2. The Labute approximate surface area is 131 Å². The fraction of sp³-hybridized carbons (Fsp3) is 0. The first-order chi connectivity index (χ1) is 10.7. The second-order valence-electron chi connectivity index (χ2n) is 4.13. The molecule has 0 aromatic heterocycles. The summed E-state index contributed by atoms with van der Waals surface area (Å²) in [5.74, 6) is 9.08. The minimum atomic E-state index is -0.602. The van der Waals surface area contributed by atoms with Gasteiger partial charge in [0.15, 0.2) is 0 Å². The lowest BCUT2D eigenvalue weighted by molar-refractivity contribution is -0.106. The Morgan fingerprint density at radius 1 is 0.955 bits per heavy atom. The zero-order valence-electron chi connectivity index (χ0n) is 11.5. The molecule has 0 atom stereocenters. The van der Waals surface area contributed by atoms with E-state index in [0.29, 0.717) is 0 Å². The Morgan fingerprint density at radius 3 is 1.77 bits per heavy atom. The molecule has 0 radical (unpaired) electrons. The number of rotatable bonds is 1. The molecule has 8 heteroatoms. The summed E-state index contributed by atoms with van der Waals surface area (Å²) in [6.45, 7) is 0. The predicted octanol–water partition coefficient (Wildman–Crippen LogP) is 1.48. The van der Waals surface area contributed by atoms with Crippen molar-refractivity contribution in [3.63, 3.8) is 0 Å². The number of carbonyl (C=O) groups excluding carboxylic acids is 2. The van der Waals surface area contributed by atoms with E-state index in [1.165, 1.54) is 0 Å². The van der Waals surface area contributed by atoms with Crippen LogP contribution >= 0.6 is 11.8 Å². The summed E-state index contributed by atoms with van der Waals surface area (Å²) in [5.41, 5.74) is 5.40. The van der Waals surface area contributed by atoms with E-state index in [-0.39, 0.29) is 0 Å². The van der Waals surface area contributed by atoms with Gasteiger partial charge in [-0.15, -0.1) is 0 Å². The van der Waals surface area contributed by atoms with Gasteiger partial charge in [-0.2, -0.15) is 0 Å². The molecule has 0 bridgehead atoms. The van der Waals surface area contributed by atoms with Crippen molar-refractivity contribution in [3.05, 3.63) is 48.5 Å². The second kappa shape index (κ2) is 7.46. The van der Waals surface area contributed by atoms with Gasteiger partial charge in [-0.05, 0) is 24.3 Å². The monoisotopic (exact) mass is 317 g/mol. The van der Waals surface area contributed by atoms with E-state index in [4.69, 9.17) is 0 Å². The van der Waals surface area contributed by atoms with E-state index < -0.39 is 6.03 Å². The molecule has 2 aromatic rings. The Balaban J connectivity index is 0.000000254. The number of nitrogens with two attached hydrogens (primary N) is 2. The molecule has 22 heavy (non-hydrogen) atoms. The first-order valence-electron chi connectivity index (χ1n) is 6.29. The van der Waals surface area contributed by atoms with Crippen LogP contribution in [-0.4, -0.2) is 12.4 Å². The number of nitrogens with one attached hydrogen (secondary N) is 2. The summed E-state index contributed by atoms with van der Waals surface area (Å²) in [7, 11) is 0. The third kappa shape index (κ3) is 3.37. The van der Waals surface area contributed by atoms with E-state index in [9.17, 15) is 9.59 Å². The zero-order valence-corrected chi connectivity index (χ0v) is 12.3. The number of urea groups is 1. The van der Waals surface area contributed by atoms with Gasteiger partial charge in [0.05, 0.1) is 11.4 Å². The molecule has 6 N–H and O–H groups in total. The molecular formula is C14H15N5O2S. The summed E-state index contributed by atoms with van der Waals surface area (Å²) in [6, 6.07) is 15.3. The summed E-state index contributed by atoms with van der Waals surface area (Å²) in [6.07, 6.45) is 0.872. The molecule has 1 aliphatic rings. The highest BCUT2D eigenvalue weighted by molar-refractivity contribution is 7.99. The lowest BCUT2D eigenvalue weighted by Gasteiger charge is -2.27. The van der Waals surface area contributed by atoms with Crippen LogP contribution in [0.5, 0.6) is 0 Å². The van der Waals surface area contributed by atoms with Crippen LogP contribution in [0.15, 0.2) is 58.3 Å². The van der Waals surface area contributed by atoms with Crippen LogP contribution in [0.2, 0.25) is 0 Å². The Hall–Kier alpha value is -2.55. The first-order valence-corrected chi connectivity index (χ1v) is 7.10. The topological polar surface area (TPSA) is 113 Å². The Morgan fingerprint density at radius 2 is 1.41 bits per heavy atom. The highest BCUT2D eigenvalue weighted by Gasteiger charge is 2.21. The van der Waals surface area contributed by atoms with Crippen molar-refractivity contribution in [3.8, 4) is 0 Å². The number of amides is 3. The van der Waals surface area contributed by atoms with Gasteiger partial charge in [-0.3, -0.25) is 20.5 Å².